The first kappa shape index (κ1) is 20.7. The summed E-state index contributed by atoms with van der Waals surface area (Å²) in [6, 6.07) is 6.17. The summed E-state index contributed by atoms with van der Waals surface area (Å²) in [7, 11) is 0. The Kier molecular flexibility index (Phi) is 5.53. The summed E-state index contributed by atoms with van der Waals surface area (Å²) in [6.07, 6.45) is -3.26. The van der Waals surface area contributed by atoms with Crippen LogP contribution in [0.2, 0.25) is 5.02 Å². The Morgan fingerprint density at radius 3 is 2.45 bits per heavy atom. The zero-order valence-corrected chi connectivity index (χ0v) is 15.6. The number of nitrogens with zero attached hydrogens (tertiary/aromatic N) is 1. The van der Waals surface area contributed by atoms with Crippen molar-refractivity contribution in [1.29, 1.82) is 5.41 Å². The summed E-state index contributed by atoms with van der Waals surface area (Å²) < 4.78 is 43.7. The molecule has 0 radical (unpaired) electrons. The third kappa shape index (κ3) is 4.69. The summed E-state index contributed by atoms with van der Waals surface area (Å²) in [5, 5.41) is 20.9. The van der Waals surface area contributed by atoms with Gasteiger partial charge in [0.25, 0.3) is 5.91 Å². The molecular weight excluding hydrogens is 435 g/mol. The number of carbonyl (C=O) groups is 1. The molecule has 7 nitrogen and oxygen atoms in total. The first-order chi connectivity index (χ1) is 13.5. The number of nitro benzene ring substituents is 1. The van der Waals surface area contributed by atoms with Gasteiger partial charge in [-0.05, 0) is 47.7 Å². The van der Waals surface area contributed by atoms with Crippen LogP contribution in [0.3, 0.4) is 0 Å². The van der Waals surface area contributed by atoms with Gasteiger partial charge in [-0.3, -0.25) is 20.3 Å². The number of carbonyl (C=O) groups excluding carboxylic acids is 1. The maximum Gasteiger partial charge on any atom is 0.416 e. The van der Waals surface area contributed by atoms with E-state index in [1.54, 1.807) is 0 Å². The van der Waals surface area contributed by atoms with E-state index in [1.165, 1.54) is 24.3 Å². The van der Waals surface area contributed by atoms with Crippen molar-refractivity contribution in [2.24, 2.45) is 0 Å². The van der Waals surface area contributed by atoms with Crippen LogP contribution in [0.1, 0.15) is 11.1 Å². The molecule has 2 N–H and O–H groups in total. The topological polar surface area (TPSA) is 105 Å². The monoisotopic (exact) mass is 443 g/mol. The number of ether oxygens (including phenoxy) is 1. The van der Waals surface area contributed by atoms with Gasteiger partial charge in [0.15, 0.2) is 5.17 Å². The highest BCUT2D eigenvalue weighted by Gasteiger charge is 2.33. The van der Waals surface area contributed by atoms with Gasteiger partial charge in [-0.25, -0.2) is 0 Å². The number of nitro groups is 1. The van der Waals surface area contributed by atoms with Crippen molar-refractivity contribution in [2.45, 2.75) is 6.18 Å². The van der Waals surface area contributed by atoms with E-state index >= 15 is 0 Å². The van der Waals surface area contributed by atoms with E-state index in [1.807, 2.05) is 0 Å². The molecule has 0 unspecified atom stereocenters. The number of hydrogen-bond acceptors (Lipinski definition) is 6. The second-order valence-corrected chi connectivity index (χ2v) is 7.08. The molecule has 1 heterocycles. The van der Waals surface area contributed by atoms with Gasteiger partial charge >= 0.3 is 11.9 Å². The van der Waals surface area contributed by atoms with Crippen molar-refractivity contribution in [3.63, 3.8) is 0 Å². The van der Waals surface area contributed by atoms with E-state index in [4.69, 9.17) is 21.7 Å². The van der Waals surface area contributed by atoms with Crippen LogP contribution in [0.4, 0.5) is 18.9 Å². The minimum Gasteiger partial charge on any atom is -0.449 e. The molecule has 0 atom stereocenters. The lowest BCUT2D eigenvalue weighted by atomic mass is 10.1. The summed E-state index contributed by atoms with van der Waals surface area (Å²) in [4.78, 5) is 22.1. The van der Waals surface area contributed by atoms with Crippen LogP contribution in [-0.2, 0) is 11.0 Å². The lowest BCUT2D eigenvalue weighted by Gasteiger charge is -2.11. The van der Waals surface area contributed by atoms with Crippen LogP contribution in [0.25, 0.3) is 6.08 Å². The van der Waals surface area contributed by atoms with E-state index in [2.05, 4.69) is 5.32 Å². The van der Waals surface area contributed by atoms with Gasteiger partial charge in [-0.15, -0.1) is 0 Å². The number of rotatable bonds is 4. The van der Waals surface area contributed by atoms with Crippen molar-refractivity contribution < 1.29 is 27.6 Å². The molecular formula is C17H9ClF3N3O4S. The normalized spacial score (nSPS) is 15.5. The molecule has 2 aromatic rings. The highest BCUT2D eigenvalue weighted by atomic mass is 35.5. The van der Waals surface area contributed by atoms with Crippen LogP contribution < -0.4 is 10.1 Å². The lowest BCUT2D eigenvalue weighted by molar-refractivity contribution is -0.385. The first-order valence-electron chi connectivity index (χ1n) is 7.67. The van der Waals surface area contributed by atoms with Crippen molar-refractivity contribution in [1.82, 2.24) is 5.32 Å². The van der Waals surface area contributed by atoms with Crippen LogP contribution >= 0.6 is 23.4 Å². The molecule has 1 aliphatic rings. The van der Waals surface area contributed by atoms with E-state index in [0.717, 1.165) is 17.8 Å². The fourth-order valence-electron chi connectivity index (χ4n) is 2.32. The quantitative estimate of drug-likeness (QED) is 0.384. The maximum absolute atomic E-state index is 12.8. The number of amidine groups is 1. The fraction of sp³-hybridized carbons (Fsp3) is 0.0588. The minimum atomic E-state index is -4.74. The fourth-order valence-corrected chi connectivity index (χ4v) is 3.25. The number of halogens is 4. The zero-order chi connectivity index (χ0) is 21.3. The van der Waals surface area contributed by atoms with Crippen molar-refractivity contribution in [3.8, 4) is 11.5 Å². The average molecular weight is 444 g/mol. The highest BCUT2D eigenvalue weighted by Crippen LogP contribution is 2.39. The summed E-state index contributed by atoms with van der Waals surface area (Å²) >= 11 is 7.04. The highest BCUT2D eigenvalue weighted by molar-refractivity contribution is 8.18. The second kappa shape index (κ2) is 7.76. The Hall–Kier alpha value is -3.05. The van der Waals surface area contributed by atoms with Gasteiger partial charge in [0.1, 0.15) is 5.75 Å². The van der Waals surface area contributed by atoms with Gasteiger partial charge in [0, 0.05) is 6.07 Å². The maximum atomic E-state index is 12.8. The van der Waals surface area contributed by atoms with Gasteiger partial charge in [0.05, 0.1) is 20.4 Å². The number of thioether (sulfide) groups is 1. The number of amides is 1. The van der Waals surface area contributed by atoms with Crippen LogP contribution in [0, 0.1) is 15.5 Å². The largest absolute Gasteiger partial charge is 0.449 e. The molecule has 2 aromatic carbocycles. The molecule has 1 saturated heterocycles. The second-order valence-electron chi connectivity index (χ2n) is 5.62. The summed E-state index contributed by atoms with van der Waals surface area (Å²) in [5.74, 6) is -0.861. The van der Waals surface area contributed by atoms with Crippen LogP contribution in [0.5, 0.6) is 11.5 Å². The van der Waals surface area contributed by atoms with Crippen LogP contribution in [-0.4, -0.2) is 16.0 Å². The SMILES string of the molecule is N=C1NC(=O)C(=Cc2ccc(Oc3ccc(C(F)(F)F)cc3[N+](=O)[O-])c(Cl)c2)S1. The van der Waals surface area contributed by atoms with Gasteiger partial charge in [-0.2, -0.15) is 13.2 Å². The summed E-state index contributed by atoms with van der Waals surface area (Å²) in [6.45, 7) is 0. The van der Waals surface area contributed by atoms with Gasteiger partial charge < -0.3 is 10.1 Å². The molecule has 3 rings (SSSR count). The summed E-state index contributed by atoms with van der Waals surface area (Å²) in [5.41, 5.74) is -1.54. The molecule has 150 valence electrons. The standard InChI is InChI=1S/C17H9ClF3N3O4S/c18-10-5-8(6-14-15(25)23-16(22)29-14)1-3-12(10)28-13-4-2-9(17(19,20)21)7-11(13)24(26)27/h1-7H,(H2,22,23,25). The predicted octanol–water partition coefficient (Wildman–Crippen LogP) is 5.20. The van der Waals surface area contributed by atoms with E-state index in [-0.39, 0.29) is 20.8 Å². The molecule has 1 amide bonds. The number of nitrogens with one attached hydrogen (secondary N) is 2. The smallest absolute Gasteiger partial charge is 0.416 e. The Balaban J connectivity index is 1.89. The Bertz CT molecular complexity index is 1070. The van der Waals surface area contributed by atoms with Crippen molar-refractivity contribution >= 4 is 46.2 Å². The number of benzene rings is 2. The van der Waals surface area contributed by atoms with E-state index < -0.39 is 34.0 Å². The lowest BCUT2D eigenvalue weighted by Crippen LogP contribution is -2.18. The van der Waals surface area contributed by atoms with Crippen LogP contribution in [0.15, 0.2) is 41.3 Å². The molecule has 12 heteroatoms. The Morgan fingerprint density at radius 2 is 1.90 bits per heavy atom. The van der Waals surface area contributed by atoms with Crippen molar-refractivity contribution in [3.05, 3.63) is 67.6 Å². The molecule has 0 aliphatic carbocycles. The molecule has 0 aromatic heterocycles. The Labute approximate surface area is 170 Å². The van der Waals surface area contributed by atoms with E-state index in [0.29, 0.717) is 17.7 Å². The van der Waals surface area contributed by atoms with Gasteiger partial charge in [0.2, 0.25) is 5.75 Å². The molecule has 0 bridgehead atoms. The molecule has 1 fully saturated rings. The van der Waals surface area contributed by atoms with Crippen molar-refractivity contribution in [2.75, 3.05) is 0 Å². The average Bonchev–Trinajstić information content (AvgIpc) is 2.93. The minimum absolute atomic E-state index is 0.0121. The number of hydrogen-bond donors (Lipinski definition) is 2. The molecule has 1 aliphatic heterocycles. The molecule has 0 saturated carbocycles. The van der Waals surface area contributed by atoms with Gasteiger partial charge in [-0.1, -0.05) is 17.7 Å². The molecule has 29 heavy (non-hydrogen) atoms. The zero-order valence-electron chi connectivity index (χ0n) is 14.0. The number of alkyl halides is 3. The predicted molar refractivity (Wildman–Crippen MR) is 101 cm³/mol. The molecule has 0 spiro atoms. The Morgan fingerprint density at radius 1 is 1.21 bits per heavy atom. The first-order valence-corrected chi connectivity index (χ1v) is 8.86. The van der Waals surface area contributed by atoms with E-state index in [9.17, 15) is 28.1 Å². The third-order valence-electron chi connectivity index (χ3n) is 3.62. The third-order valence-corrected chi connectivity index (χ3v) is 4.74.